The molecule has 0 aliphatic carbocycles. The molecule has 0 fully saturated rings. The fraction of sp³-hybridized carbons (Fsp3) is 0.333. The van der Waals surface area contributed by atoms with E-state index in [9.17, 15) is 9.18 Å². The van der Waals surface area contributed by atoms with E-state index in [1.165, 1.54) is 18.2 Å². The second kappa shape index (κ2) is 6.48. The summed E-state index contributed by atoms with van der Waals surface area (Å²) in [5.41, 5.74) is 0.357. The number of hydrogen-bond donors (Lipinski definition) is 2. The molecule has 1 aromatic rings. The molecule has 17 heavy (non-hydrogen) atoms. The number of urea groups is 1. The Morgan fingerprint density at radius 3 is 2.94 bits per heavy atom. The zero-order valence-corrected chi connectivity index (χ0v) is 9.53. The fourth-order valence-electron chi connectivity index (χ4n) is 1.35. The Labute approximate surface area is 99.4 Å². The number of nitrogens with zero attached hydrogens (tertiary/aromatic N) is 1. The number of rotatable bonds is 4. The molecule has 1 aromatic carbocycles. The summed E-state index contributed by atoms with van der Waals surface area (Å²) >= 11 is 0. The molecule has 0 spiro atoms. The number of carbonyl (C=O) groups excluding carboxylic acids is 1. The lowest BCUT2D eigenvalue weighted by Crippen LogP contribution is -2.36. The third-order valence-corrected chi connectivity index (χ3v) is 2.12. The van der Waals surface area contributed by atoms with Crippen molar-refractivity contribution >= 4 is 11.7 Å². The van der Waals surface area contributed by atoms with Crippen LogP contribution in [0.15, 0.2) is 24.3 Å². The van der Waals surface area contributed by atoms with Crippen molar-refractivity contribution in [3.63, 3.8) is 0 Å². The minimum Gasteiger partial charge on any atom is -0.322 e. The smallest absolute Gasteiger partial charge is 0.320 e. The highest BCUT2D eigenvalue weighted by Gasteiger charge is 2.10. The maximum Gasteiger partial charge on any atom is 0.320 e. The van der Waals surface area contributed by atoms with Crippen molar-refractivity contribution in [2.45, 2.75) is 25.8 Å². The highest BCUT2D eigenvalue weighted by Crippen LogP contribution is 2.08. The van der Waals surface area contributed by atoms with E-state index in [0.29, 0.717) is 12.1 Å². The van der Waals surface area contributed by atoms with Gasteiger partial charge in [-0.2, -0.15) is 5.26 Å². The fourth-order valence-corrected chi connectivity index (χ4v) is 1.35. The van der Waals surface area contributed by atoms with Gasteiger partial charge < -0.3 is 10.6 Å². The molecule has 0 aliphatic heterocycles. The van der Waals surface area contributed by atoms with Gasteiger partial charge in [-0.25, -0.2) is 9.18 Å². The topological polar surface area (TPSA) is 64.9 Å². The minimum absolute atomic E-state index is 0.357. The van der Waals surface area contributed by atoms with Crippen LogP contribution in [0.3, 0.4) is 0 Å². The number of amides is 2. The molecule has 2 amide bonds. The van der Waals surface area contributed by atoms with Crippen LogP contribution in [0, 0.1) is 17.1 Å². The molecule has 0 aromatic heterocycles. The summed E-state index contributed by atoms with van der Waals surface area (Å²) in [5.74, 6) is -0.423. The normalized spacial score (nSPS) is 11.4. The van der Waals surface area contributed by atoms with Crippen LogP contribution in [-0.2, 0) is 0 Å². The van der Waals surface area contributed by atoms with Gasteiger partial charge in [0.15, 0.2) is 0 Å². The molecule has 0 saturated carbocycles. The summed E-state index contributed by atoms with van der Waals surface area (Å²) in [6.07, 6.45) is 1.39. The Morgan fingerprint density at radius 1 is 1.59 bits per heavy atom. The first-order chi connectivity index (χ1) is 8.15. The Morgan fingerprint density at radius 2 is 2.35 bits per heavy atom. The van der Waals surface area contributed by atoms with E-state index >= 15 is 0 Å². The number of nitrogens with one attached hydrogen (secondary N) is 2. The summed E-state index contributed by atoms with van der Waals surface area (Å²) in [4.78, 5) is 11.5. The van der Waals surface area contributed by atoms with Crippen molar-refractivity contribution in [2.24, 2.45) is 0 Å². The van der Waals surface area contributed by atoms with Crippen LogP contribution in [0.5, 0.6) is 0 Å². The van der Waals surface area contributed by atoms with Gasteiger partial charge >= 0.3 is 6.03 Å². The van der Waals surface area contributed by atoms with E-state index in [1.807, 2.05) is 13.0 Å². The average Bonchev–Trinajstić information content (AvgIpc) is 2.28. The van der Waals surface area contributed by atoms with Crippen molar-refractivity contribution in [1.29, 1.82) is 5.26 Å². The summed E-state index contributed by atoms with van der Waals surface area (Å²) < 4.78 is 12.8. The maximum atomic E-state index is 12.8. The van der Waals surface area contributed by atoms with Gasteiger partial charge in [-0.15, -0.1) is 0 Å². The molecule has 0 saturated heterocycles. The quantitative estimate of drug-likeness (QED) is 0.842. The van der Waals surface area contributed by atoms with Crippen molar-refractivity contribution in [3.05, 3.63) is 30.1 Å². The molecule has 1 atom stereocenters. The number of nitriles is 1. The van der Waals surface area contributed by atoms with Gasteiger partial charge in [0.25, 0.3) is 0 Å². The van der Waals surface area contributed by atoms with Crippen LogP contribution in [0.2, 0.25) is 0 Å². The van der Waals surface area contributed by atoms with E-state index in [-0.39, 0.29) is 0 Å². The minimum atomic E-state index is -0.520. The van der Waals surface area contributed by atoms with Gasteiger partial charge in [-0.3, -0.25) is 0 Å². The number of halogens is 1. The molecule has 1 rings (SSSR count). The molecular formula is C12H14FN3O. The van der Waals surface area contributed by atoms with Crippen molar-refractivity contribution < 1.29 is 9.18 Å². The van der Waals surface area contributed by atoms with Gasteiger partial charge in [0.2, 0.25) is 0 Å². The Hall–Kier alpha value is -2.09. The standard InChI is InChI=1S/C12H14FN3O/c1-2-4-11(8-14)16-12(17)15-10-6-3-5-9(13)7-10/h3,5-7,11H,2,4H2,1H3,(H2,15,16,17). The zero-order chi connectivity index (χ0) is 12.7. The molecule has 0 heterocycles. The predicted octanol–water partition coefficient (Wildman–Crippen LogP) is 2.64. The Kier molecular flexibility index (Phi) is 4.95. The number of hydrogen-bond acceptors (Lipinski definition) is 2. The summed E-state index contributed by atoms with van der Waals surface area (Å²) in [7, 11) is 0. The maximum absolute atomic E-state index is 12.8. The van der Waals surface area contributed by atoms with Crippen LogP contribution in [0.25, 0.3) is 0 Å². The van der Waals surface area contributed by atoms with Crippen LogP contribution >= 0.6 is 0 Å². The number of anilines is 1. The molecule has 0 bridgehead atoms. The molecule has 2 N–H and O–H groups in total. The van der Waals surface area contributed by atoms with Crippen LogP contribution in [-0.4, -0.2) is 12.1 Å². The lowest BCUT2D eigenvalue weighted by molar-refractivity contribution is 0.250. The molecule has 5 heteroatoms. The van der Waals surface area contributed by atoms with Crippen LogP contribution in [0.1, 0.15) is 19.8 Å². The van der Waals surface area contributed by atoms with E-state index in [2.05, 4.69) is 10.6 Å². The van der Waals surface area contributed by atoms with E-state index < -0.39 is 17.9 Å². The second-order valence-corrected chi connectivity index (χ2v) is 3.58. The Bertz CT molecular complexity index is 428. The molecular weight excluding hydrogens is 221 g/mol. The van der Waals surface area contributed by atoms with E-state index in [0.717, 1.165) is 6.42 Å². The van der Waals surface area contributed by atoms with Gasteiger partial charge in [0.05, 0.1) is 6.07 Å². The van der Waals surface area contributed by atoms with Gasteiger partial charge in [0, 0.05) is 5.69 Å². The summed E-state index contributed by atoms with van der Waals surface area (Å²) in [5, 5.41) is 13.7. The van der Waals surface area contributed by atoms with Gasteiger partial charge in [0.1, 0.15) is 11.9 Å². The highest BCUT2D eigenvalue weighted by molar-refractivity contribution is 5.89. The molecule has 90 valence electrons. The predicted molar refractivity (Wildman–Crippen MR) is 62.9 cm³/mol. The molecule has 1 unspecified atom stereocenters. The van der Waals surface area contributed by atoms with Gasteiger partial charge in [-0.1, -0.05) is 19.4 Å². The van der Waals surface area contributed by atoms with Gasteiger partial charge in [-0.05, 0) is 24.6 Å². The summed E-state index contributed by atoms with van der Waals surface area (Å²) in [6, 6.07) is 6.53. The molecule has 0 radical (unpaired) electrons. The largest absolute Gasteiger partial charge is 0.322 e. The van der Waals surface area contributed by atoms with Crippen molar-refractivity contribution in [3.8, 4) is 6.07 Å². The molecule has 4 nitrogen and oxygen atoms in total. The van der Waals surface area contributed by atoms with Crippen LogP contribution < -0.4 is 10.6 Å². The van der Waals surface area contributed by atoms with E-state index in [4.69, 9.17) is 5.26 Å². The first-order valence-corrected chi connectivity index (χ1v) is 5.38. The molecule has 0 aliphatic rings. The zero-order valence-electron chi connectivity index (χ0n) is 9.53. The summed E-state index contributed by atoms with van der Waals surface area (Å²) in [6.45, 7) is 1.93. The third kappa shape index (κ3) is 4.51. The third-order valence-electron chi connectivity index (χ3n) is 2.12. The number of benzene rings is 1. The second-order valence-electron chi connectivity index (χ2n) is 3.58. The number of carbonyl (C=O) groups is 1. The Balaban J connectivity index is 2.52. The lowest BCUT2D eigenvalue weighted by atomic mass is 10.2. The van der Waals surface area contributed by atoms with Crippen molar-refractivity contribution in [2.75, 3.05) is 5.32 Å². The van der Waals surface area contributed by atoms with E-state index in [1.54, 1.807) is 6.07 Å². The highest BCUT2D eigenvalue weighted by atomic mass is 19.1. The van der Waals surface area contributed by atoms with Crippen LogP contribution in [0.4, 0.5) is 14.9 Å². The lowest BCUT2D eigenvalue weighted by Gasteiger charge is -2.11. The first-order valence-electron chi connectivity index (χ1n) is 5.38. The SMILES string of the molecule is CCCC(C#N)NC(=O)Nc1cccc(F)c1. The first kappa shape index (κ1) is 13.0. The van der Waals surface area contributed by atoms with Crippen molar-refractivity contribution in [1.82, 2.24) is 5.32 Å². The average molecular weight is 235 g/mol. The monoisotopic (exact) mass is 235 g/mol.